The Hall–Kier alpha value is -9.95. The van der Waals surface area contributed by atoms with Crippen molar-refractivity contribution in [3.05, 3.63) is 332 Å². The molecular weight excluding hydrogens is 1560 g/mol. The minimum absolute atomic E-state index is 0. The molecule has 7 heterocycles. The van der Waals surface area contributed by atoms with E-state index in [4.69, 9.17) is 5.11 Å². The number of nitrogens with zero attached hydrogens (tertiary/aromatic N) is 6. The quantitative estimate of drug-likeness (QED) is 0.0260. The second-order valence-electron chi connectivity index (χ2n) is 27.5. The summed E-state index contributed by atoms with van der Waals surface area (Å²) in [7, 11) is -3.69. The Bertz CT molecular complexity index is 4900. The van der Waals surface area contributed by atoms with Crippen LogP contribution in [0, 0.1) is 36.0 Å². The monoisotopic (exact) mass is 1650 g/mol. The molecule has 0 fully saturated rings. The Kier molecular flexibility index (Phi) is 36.2. The third kappa shape index (κ3) is 27.5. The number of amides is 2. The van der Waals surface area contributed by atoms with Gasteiger partial charge in [-0.1, -0.05) is 67.9 Å². The molecule has 5 N–H and O–H groups in total. The fourth-order valence-electron chi connectivity index (χ4n) is 10.3. The molecule has 2 aliphatic heterocycles. The number of pyridine rings is 5. The average molecular weight is 1650 g/mol. The van der Waals surface area contributed by atoms with Gasteiger partial charge in [-0.3, -0.25) is 42.9 Å². The van der Waals surface area contributed by atoms with E-state index in [-0.39, 0.29) is 81.0 Å². The number of carbonyl (C=O) groups excluding carboxylic acids is 2. The van der Waals surface area contributed by atoms with Crippen molar-refractivity contribution >= 4 is 84.5 Å². The molecule has 5 aromatic carbocycles. The Morgan fingerprint density at radius 1 is 0.527 bits per heavy atom. The van der Waals surface area contributed by atoms with Gasteiger partial charge < -0.3 is 32.9 Å². The van der Waals surface area contributed by atoms with Crippen LogP contribution in [0.5, 0.6) is 0 Å². The van der Waals surface area contributed by atoms with E-state index in [0.29, 0.717) is 32.3 Å². The summed E-state index contributed by atoms with van der Waals surface area (Å²) in [6.07, 6.45) is 20.3. The van der Waals surface area contributed by atoms with Crippen LogP contribution in [0.4, 0.5) is 22.0 Å². The summed E-state index contributed by atoms with van der Waals surface area (Å²) < 4.78 is 107. The van der Waals surface area contributed by atoms with Crippen LogP contribution in [0.3, 0.4) is 0 Å². The standard InChI is InChI=1S/2C18H20FNO3S.2C13H9FN2O.C10H14N2OS.C7H4BrFO2.C4H9.Li/c1-18(2,3)24(23)11-14(12-6-5-9-20-10-12)16-13(17(21)22)7-4-8-15(16)19;1-18(2,3)24(23)11-16(12-5-4-8-20-10-12)14-7-6-13(19)9-15(14)17(21)22;14-10-5-1-4-9-11(10)12(16-13(9)17)8-3-2-6-15-7-8;14-9-3-4-10-11(6-9)13(17)16-12(10)8-2-1-5-15-7-8;1-10(2,3)14(13)12-8-9-5-4-6-11-7-9;8-6-2-1-4(9)3-5(6)7(10)11;1-3-4-2;/h4-10,14H,11H2,1-3H3,(H,21,22);4-10,16H,11H2,1-3H3,(H,21,22);2*1-7,12H,(H,16,17);4-8H,1-3H3;1-3H,(H,10,11);1,3-4H2,2H3;/q;;;;;;-1;+1. The molecule has 584 valence electrons. The number of hydrogen-bond acceptors (Lipinski definition) is 13. The van der Waals surface area contributed by atoms with Crippen LogP contribution in [0.25, 0.3) is 0 Å². The van der Waals surface area contributed by atoms with Gasteiger partial charge >= 0.3 is 36.8 Å². The second kappa shape index (κ2) is 43.8. The number of unbranched alkanes of at least 4 members (excludes halogenated alkanes) is 1. The Morgan fingerprint density at radius 2 is 0.973 bits per heavy atom. The molecule has 2 amide bonds. The van der Waals surface area contributed by atoms with Gasteiger partial charge in [0.1, 0.15) is 40.1 Å². The molecule has 19 nitrogen and oxygen atoms in total. The molecule has 12 rings (SSSR count). The zero-order valence-corrected chi connectivity index (χ0v) is 67.4. The van der Waals surface area contributed by atoms with E-state index in [1.165, 1.54) is 67.1 Å². The van der Waals surface area contributed by atoms with Gasteiger partial charge in [0.05, 0.1) is 33.5 Å². The zero-order chi connectivity index (χ0) is 81.9. The molecule has 0 aliphatic carbocycles. The summed E-state index contributed by atoms with van der Waals surface area (Å²) in [6.45, 7) is 22.5. The predicted octanol–water partition coefficient (Wildman–Crippen LogP) is 14.2. The fourth-order valence-corrected chi connectivity index (χ4v) is 13.6. The molecule has 10 aromatic rings. The molecule has 112 heavy (non-hydrogen) atoms. The summed E-state index contributed by atoms with van der Waals surface area (Å²) in [4.78, 5) is 76.9. The number of fused-ring (bicyclic) bond motifs is 2. The van der Waals surface area contributed by atoms with Crippen LogP contribution in [0.1, 0.15) is 208 Å². The molecule has 29 heteroatoms. The van der Waals surface area contributed by atoms with Crippen molar-refractivity contribution in [1.29, 1.82) is 0 Å². The minimum Gasteiger partial charge on any atom is -0.478 e. The minimum atomic E-state index is -1.29. The van der Waals surface area contributed by atoms with E-state index < -0.39 is 101 Å². The predicted molar refractivity (Wildman–Crippen MR) is 425 cm³/mol. The molecule has 0 spiro atoms. The van der Waals surface area contributed by atoms with E-state index >= 15 is 0 Å². The molecule has 7 unspecified atom stereocenters. The number of hydrogen-bond donors (Lipinski definition) is 5. The number of rotatable bonds is 16. The SMILES string of the molecule is CC(C)(C)S(=O)CC(c1cccnc1)c1c(F)cccc1C(=O)O.CC(C)(C)S(=O)CC(c1cccnc1)c1ccc(F)cc1C(=O)O.CC(C)(C)S(=O)N=Cc1cccnc1.O=C(O)c1cc(F)ccc1Br.O=C1NC(c2cccnc2)c2c(F)cccc21.O=C1NC(c2cccnc2)c2ccc(F)cc21.[CH2-]CCC.[Li+]. The second-order valence-corrected chi connectivity index (χ2v) is 34.7. The van der Waals surface area contributed by atoms with Crippen LogP contribution in [0.15, 0.2) is 222 Å². The van der Waals surface area contributed by atoms with E-state index in [1.54, 1.807) is 111 Å². The van der Waals surface area contributed by atoms with Crippen LogP contribution in [0.2, 0.25) is 0 Å². The van der Waals surface area contributed by atoms with Gasteiger partial charge in [0.25, 0.3) is 11.8 Å². The third-order valence-corrected chi connectivity index (χ3v) is 22.2. The van der Waals surface area contributed by atoms with Gasteiger partial charge in [-0.15, -0.1) is 0 Å². The molecule has 2 aliphatic rings. The van der Waals surface area contributed by atoms with Crippen molar-refractivity contribution in [2.75, 3.05) is 11.5 Å². The van der Waals surface area contributed by atoms with E-state index in [1.807, 2.05) is 98.7 Å². The van der Waals surface area contributed by atoms with Crippen LogP contribution in [-0.2, 0) is 32.6 Å². The van der Waals surface area contributed by atoms with Gasteiger partial charge in [-0.2, -0.15) is 10.8 Å². The first-order valence-electron chi connectivity index (χ1n) is 34.4. The van der Waals surface area contributed by atoms with Gasteiger partial charge in [0, 0.05) is 155 Å². The molecule has 0 radical (unpaired) electrons. The number of halogens is 6. The molecule has 0 saturated carbocycles. The van der Waals surface area contributed by atoms with Crippen molar-refractivity contribution in [3.8, 4) is 0 Å². The molecule has 0 saturated heterocycles. The number of carbonyl (C=O) groups is 5. The zero-order valence-electron chi connectivity index (χ0n) is 63.4. The van der Waals surface area contributed by atoms with Crippen LogP contribution in [-0.4, -0.2) is 115 Å². The summed E-state index contributed by atoms with van der Waals surface area (Å²) in [6, 6.07) is 37.3. The number of aromatic carboxylic acids is 3. The maximum Gasteiger partial charge on any atom is 1.00 e. The normalized spacial score (nSPS) is 14.5. The van der Waals surface area contributed by atoms with Gasteiger partial charge in [-0.25, -0.2) is 40.5 Å². The first-order chi connectivity index (χ1) is 52.5. The van der Waals surface area contributed by atoms with Crippen molar-refractivity contribution in [2.45, 2.75) is 120 Å². The summed E-state index contributed by atoms with van der Waals surface area (Å²) in [5.74, 6) is -7.31. The van der Waals surface area contributed by atoms with Gasteiger partial charge in [0.2, 0.25) is 0 Å². The number of benzene rings is 5. The number of carboxylic acid groups (broad SMARTS) is 3. The van der Waals surface area contributed by atoms with Crippen molar-refractivity contribution < 1.29 is 92.7 Å². The number of nitrogens with one attached hydrogen (secondary N) is 2. The maximum atomic E-state index is 14.5. The largest absolute Gasteiger partial charge is 1.00 e. The van der Waals surface area contributed by atoms with E-state index in [9.17, 15) is 68.8 Å². The van der Waals surface area contributed by atoms with Crippen LogP contribution < -0.4 is 29.5 Å². The number of carboxylic acids is 3. The third-order valence-electron chi connectivity index (χ3n) is 16.2. The van der Waals surface area contributed by atoms with E-state index in [2.05, 4.69) is 69.7 Å². The summed E-state index contributed by atoms with van der Waals surface area (Å²) in [5.41, 5.74) is 6.14. The number of aromatic nitrogens is 5. The average Bonchev–Trinajstić information content (AvgIpc) is 1.62. The molecule has 5 aromatic heterocycles. The first kappa shape index (κ1) is 92.7. The Labute approximate surface area is 676 Å². The van der Waals surface area contributed by atoms with Gasteiger partial charge in [0.15, 0.2) is 0 Å². The summed E-state index contributed by atoms with van der Waals surface area (Å²) in [5, 5.41) is 32.9. The fraction of sp³-hybridized carbons (Fsp3) is 0.253. The smallest absolute Gasteiger partial charge is 0.478 e. The maximum absolute atomic E-state index is 14.5. The van der Waals surface area contributed by atoms with Crippen molar-refractivity contribution in [3.63, 3.8) is 0 Å². The molecular formula is C83H85BrF5LiN8O11S3. The Balaban J connectivity index is 0.000000241. The Morgan fingerprint density at radius 3 is 1.46 bits per heavy atom. The first-order valence-corrected chi connectivity index (χ1v) is 38.9. The van der Waals surface area contributed by atoms with Crippen molar-refractivity contribution in [2.24, 2.45) is 4.40 Å². The van der Waals surface area contributed by atoms with E-state index in [0.717, 1.165) is 46.4 Å². The summed E-state index contributed by atoms with van der Waals surface area (Å²) >= 11 is 2.98. The molecule has 0 bridgehead atoms. The molecule has 7 atom stereocenters. The van der Waals surface area contributed by atoms with Crippen LogP contribution >= 0.6 is 15.9 Å². The van der Waals surface area contributed by atoms with Crippen molar-refractivity contribution in [1.82, 2.24) is 35.6 Å². The topological polar surface area (TPSA) is 298 Å². The van der Waals surface area contributed by atoms with Gasteiger partial charge in [-0.05, 0) is 209 Å².